The average Bonchev–Trinajstić information content (AvgIpc) is 3.42. The van der Waals surface area contributed by atoms with Gasteiger partial charge < -0.3 is 12.2 Å². The molecule has 5 heteroatoms. The van der Waals surface area contributed by atoms with Crippen molar-refractivity contribution >= 4 is 35.1 Å². The Morgan fingerprint density at radius 2 is 1.50 bits per heavy atom. The van der Waals surface area contributed by atoms with Gasteiger partial charge in [-0.15, -0.1) is 30.4 Å². The van der Waals surface area contributed by atoms with Crippen molar-refractivity contribution in [2.45, 2.75) is 64.5 Å². The number of hydrogen-bond donors (Lipinski definition) is 0. The number of benzene rings is 2. The maximum atomic E-state index is 5.61. The molecule has 0 bridgehead atoms. The standard InChI is InChI=1S/C13H9.C10H23OSi.C5H5.CH3.2ClH.Zr/c1-3-7-12-10(5-1)9-11-6-2-4-8-13(11)12;1-10(2,3)11-8-6-4-5-7-9-12;1-2-4-5-3-1;;;;/h1-5,7-8H,9H2;4-9,12H2,1-3H3;1-5H;1H3;2*1H;/q-1;;2*-1;;;+3. The van der Waals surface area contributed by atoms with Gasteiger partial charge in [-0.1, -0.05) is 60.7 Å². The molecule has 186 valence electrons. The predicted molar refractivity (Wildman–Crippen MR) is 154 cm³/mol. The number of halogens is 2. The Bertz CT molecular complexity index is 771. The van der Waals surface area contributed by atoms with Gasteiger partial charge in [-0.3, -0.25) is 0 Å². The molecular formula is C29H42Cl2OSiZr. The number of fused-ring (bicyclic) bond motifs is 3. The van der Waals surface area contributed by atoms with Gasteiger partial charge in [-0.25, -0.2) is 12.1 Å². The molecule has 0 aromatic heterocycles. The summed E-state index contributed by atoms with van der Waals surface area (Å²) in [5.41, 5.74) is 5.56. The molecule has 0 saturated heterocycles. The van der Waals surface area contributed by atoms with E-state index in [1.807, 2.05) is 36.4 Å². The molecule has 1 nitrogen and oxygen atoms in total. The van der Waals surface area contributed by atoms with Gasteiger partial charge >= 0.3 is 26.2 Å². The van der Waals surface area contributed by atoms with Gasteiger partial charge in [-0.05, 0) is 33.6 Å². The van der Waals surface area contributed by atoms with E-state index in [4.69, 9.17) is 4.74 Å². The smallest absolute Gasteiger partial charge is 0.376 e. The van der Waals surface area contributed by atoms with E-state index >= 15 is 0 Å². The van der Waals surface area contributed by atoms with Crippen molar-refractivity contribution in [1.29, 1.82) is 0 Å². The third-order valence-electron chi connectivity index (χ3n) is 4.85. The summed E-state index contributed by atoms with van der Waals surface area (Å²) in [7, 11) is 2.07. The Labute approximate surface area is 244 Å². The summed E-state index contributed by atoms with van der Waals surface area (Å²) in [6.07, 6.45) is 6.35. The number of rotatable bonds is 6. The molecule has 0 atom stereocenters. The third-order valence-corrected chi connectivity index (χ3v) is 5.35. The van der Waals surface area contributed by atoms with Crippen molar-refractivity contribution in [1.82, 2.24) is 0 Å². The van der Waals surface area contributed by atoms with E-state index in [1.165, 1.54) is 54.0 Å². The molecule has 34 heavy (non-hydrogen) atoms. The second-order valence-electron chi connectivity index (χ2n) is 8.59. The van der Waals surface area contributed by atoms with Gasteiger partial charge in [-0.2, -0.15) is 48.0 Å². The minimum atomic E-state index is 0. The van der Waals surface area contributed by atoms with Crippen LogP contribution in [0, 0.1) is 13.5 Å². The molecule has 0 fully saturated rings. The molecule has 0 amide bonds. The van der Waals surface area contributed by atoms with Crippen LogP contribution < -0.4 is 0 Å². The van der Waals surface area contributed by atoms with Gasteiger partial charge in [0.25, 0.3) is 0 Å². The molecule has 1 aliphatic rings. The minimum absolute atomic E-state index is 0. The first kappa shape index (κ1) is 38.0. The van der Waals surface area contributed by atoms with Gasteiger partial charge in [0.1, 0.15) is 0 Å². The van der Waals surface area contributed by atoms with E-state index in [0.29, 0.717) is 0 Å². The summed E-state index contributed by atoms with van der Waals surface area (Å²) >= 11 is 0. The van der Waals surface area contributed by atoms with Crippen LogP contribution >= 0.6 is 24.8 Å². The summed E-state index contributed by atoms with van der Waals surface area (Å²) in [5, 5.41) is 0. The summed E-state index contributed by atoms with van der Waals surface area (Å²) in [4.78, 5) is 0. The average molecular weight is 597 g/mol. The van der Waals surface area contributed by atoms with Gasteiger partial charge in [0, 0.05) is 16.8 Å². The molecule has 2 radical (unpaired) electrons. The quantitative estimate of drug-likeness (QED) is 0.124. The maximum absolute atomic E-state index is 5.61. The van der Waals surface area contributed by atoms with Crippen molar-refractivity contribution in [2.24, 2.45) is 0 Å². The van der Waals surface area contributed by atoms with E-state index in [9.17, 15) is 0 Å². The van der Waals surface area contributed by atoms with Crippen LogP contribution in [-0.2, 0) is 37.4 Å². The first-order valence-electron chi connectivity index (χ1n) is 11.2. The van der Waals surface area contributed by atoms with Crippen molar-refractivity contribution in [3.8, 4) is 11.1 Å². The molecule has 3 aromatic carbocycles. The Morgan fingerprint density at radius 3 is 2.09 bits per heavy atom. The summed E-state index contributed by atoms with van der Waals surface area (Å²) in [5.74, 6) is 0. The van der Waals surface area contributed by atoms with Crippen LogP contribution in [0.4, 0.5) is 0 Å². The van der Waals surface area contributed by atoms with E-state index < -0.39 is 0 Å². The van der Waals surface area contributed by atoms with Crippen LogP contribution in [0.2, 0.25) is 6.04 Å². The second-order valence-corrected chi connectivity index (χ2v) is 9.29. The number of ether oxygens (including phenoxy) is 1. The largest absolute Gasteiger partial charge is 3.00 e. The first-order chi connectivity index (χ1) is 14.5. The molecule has 0 saturated carbocycles. The molecule has 3 aromatic rings. The van der Waals surface area contributed by atoms with Crippen molar-refractivity contribution < 1.29 is 30.9 Å². The van der Waals surface area contributed by atoms with E-state index in [1.54, 1.807) is 0 Å². The van der Waals surface area contributed by atoms with Crippen LogP contribution in [0.25, 0.3) is 11.1 Å². The SMILES string of the molecule is CC(C)(C)OCCCCCC[SiH2].Cl.Cl.[CH3-].[Zr+3].[c-]1cccc2c1Cc1ccccc1-2.c1cc[cH-]c1. The second kappa shape index (κ2) is 21.7. The molecule has 0 N–H and O–H groups in total. The Hall–Kier alpha value is -0.570. The topological polar surface area (TPSA) is 9.23 Å². The van der Waals surface area contributed by atoms with Crippen LogP contribution in [-0.4, -0.2) is 22.5 Å². The molecule has 1 aliphatic carbocycles. The zero-order valence-corrected chi connectivity index (χ0v) is 26.8. The molecule has 0 heterocycles. The first-order valence-corrected chi connectivity index (χ1v) is 12.2. The van der Waals surface area contributed by atoms with Crippen molar-refractivity contribution in [2.75, 3.05) is 6.61 Å². The minimum Gasteiger partial charge on any atom is -0.376 e. The molecule has 0 unspecified atom stereocenters. The third kappa shape index (κ3) is 15.4. The van der Waals surface area contributed by atoms with E-state index in [2.05, 4.69) is 73.5 Å². The van der Waals surface area contributed by atoms with Crippen LogP contribution in [0.3, 0.4) is 0 Å². The molecule has 4 rings (SSSR count). The monoisotopic (exact) mass is 594 g/mol. The summed E-state index contributed by atoms with van der Waals surface area (Å²) < 4.78 is 5.61. The van der Waals surface area contributed by atoms with Crippen molar-refractivity contribution in [3.05, 3.63) is 97.4 Å². The van der Waals surface area contributed by atoms with E-state index in [-0.39, 0.29) is 64.0 Å². The Balaban J connectivity index is -0.000000430. The van der Waals surface area contributed by atoms with Gasteiger partial charge in [0.2, 0.25) is 0 Å². The number of unbranched alkanes of at least 4 members (excludes halogenated alkanes) is 3. The zero-order valence-electron chi connectivity index (χ0n) is 21.3. The Morgan fingerprint density at radius 1 is 0.882 bits per heavy atom. The fraction of sp³-hybridized carbons (Fsp3) is 0.379. The maximum Gasteiger partial charge on any atom is 3.00 e. The van der Waals surface area contributed by atoms with Crippen LogP contribution in [0.1, 0.15) is 57.6 Å². The van der Waals surface area contributed by atoms with Crippen LogP contribution in [0.15, 0.2) is 72.8 Å². The summed E-state index contributed by atoms with van der Waals surface area (Å²) in [6.45, 7) is 7.26. The summed E-state index contributed by atoms with van der Waals surface area (Å²) in [6, 6.07) is 29.5. The normalized spacial score (nSPS) is 10.1. The molecular weight excluding hydrogens is 555 g/mol. The fourth-order valence-corrected chi connectivity index (χ4v) is 3.68. The molecule has 0 spiro atoms. The van der Waals surface area contributed by atoms with Gasteiger partial charge in [0.05, 0.1) is 5.60 Å². The fourth-order valence-electron chi connectivity index (χ4n) is 3.33. The van der Waals surface area contributed by atoms with Gasteiger partial charge in [0.15, 0.2) is 0 Å². The predicted octanol–water partition coefficient (Wildman–Crippen LogP) is 8.17. The molecule has 0 aliphatic heterocycles. The van der Waals surface area contributed by atoms with E-state index in [0.717, 1.165) is 13.0 Å². The van der Waals surface area contributed by atoms with Crippen LogP contribution in [0.5, 0.6) is 0 Å². The zero-order chi connectivity index (χ0) is 21.7. The van der Waals surface area contributed by atoms with Crippen molar-refractivity contribution in [3.63, 3.8) is 0 Å². The number of hydrogen-bond acceptors (Lipinski definition) is 1. The Kier molecular flexibility index (Phi) is 24.2.